The molecule has 0 fully saturated rings. The lowest BCUT2D eigenvalue weighted by Gasteiger charge is -2.06. The van der Waals surface area contributed by atoms with Gasteiger partial charge in [0.25, 0.3) is 5.91 Å². The molecule has 0 aliphatic rings. The highest BCUT2D eigenvalue weighted by atomic mass is 35.5. The topological polar surface area (TPSA) is 66.4 Å². The number of carbonyl (C=O) groups excluding carboxylic acids is 1. The van der Waals surface area contributed by atoms with E-state index in [0.29, 0.717) is 16.3 Å². The molecule has 0 aliphatic carbocycles. The third-order valence-corrected chi connectivity index (χ3v) is 3.85. The SMILES string of the molecule is Cc1csc(C(=O)O)c1NC(=O)c1ccc(Cl)cc1. The minimum absolute atomic E-state index is 0.125. The van der Waals surface area contributed by atoms with E-state index in [1.165, 1.54) is 0 Å². The van der Waals surface area contributed by atoms with Crippen LogP contribution in [0, 0.1) is 6.92 Å². The first-order valence-electron chi connectivity index (χ1n) is 5.37. The molecule has 6 heteroatoms. The third kappa shape index (κ3) is 2.94. The van der Waals surface area contributed by atoms with Crippen LogP contribution in [0.4, 0.5) is 5.69 Å². The summed E-state index contributed by atoms with van der Waals surface area (Å²) in [6.45, 7) is 1.75. The third-order valence-electron chi connectivity index (χ3n) is 2.51. The predicted octanol–water partition coefficient (Wildman–Crippen LogP) is 3.66. The van der Waals surface area contributed by atoms with Crippen molar-refractivity contribution in [3.05, 3.63) is 50.7 Å². The monoisotopic (exact) mass is 295 g/mol. The molecule has 2 N–H and O–H groups in total. The van der Waals surface area contributed by atoms with Crippen LogP contribution in [-0.4, -0.2) is 17.0 Å². The molecule has 2 rings (SSSR count). The lowest BCUT2D eigenvalue weighted by molar-refractivity contribution is 0.0703. The largest absolute Gasteiger partial charge is 0.477 e. The van der Waals surface area contributed by atoms with Gasteiger partial charge in [-0.2, -0.15) is 0 Å². The molecule has 1 amide bonds. The van der Waals surface area contributed by atoms with Gasteiger partial charge in [-0.1, -0.05) is 11.6 Å². The summed E-state index contributed by atoms with van der Waals surface area (Å²) >= 11 is 6.83. The molecule has 98 valence electrons. The zero-order chi connectivity index (χ0) is 14.0. The number of aromatic carboxylic acids is 1. The maximum absolute atomic E-state index is 12.0. The van der Waals surface area contributed by atoms with Crippen molar-refractivity contribution in [3.63, 3.8) is 0 Å². The number of carboxylic acids is 1. The molecule has 0 bridgehead atoms. The first-order valence-corrected chi connectivity index (χ1v) is 6.63. The van der Waals surface area contributed by atoms with E-state index >= 15 is 0 Å². The molecular weight excluding hydrogens is 286 g/mol. The molecule has 0 radical (unpaired) electrons. The highest BCUT2D eigenvalue weighted by Crippen LogP contribution is 2.28. The number of amides is 1. The molecule has 0 saturated heterocycles. The Balaban J connectivity index is 2.26. The van der Waals surface area contributed by atoms with Crippen LogP contribution in [0.1, 0.15) is 25.6 Å². The van der Waals surface area contributed by atoms with Gasteiger partial charge in [-0.05, 0) is 42.1 Å². The second-order valence-corrected chi connectivity index (χ2v) is 5.21. The van der Waals surface area contributed by atoms with Crippen LogP contribution in [0.5, 0.6) is 0 Å². The number of anilines is 1. The highest BCUT2D eigenvalue weighted by molar-refractivity contribution is 7.12. The van der Waals surface area contributed by atoms with Crippen molar-refractivity contribution < 1.29 is 14.7 Å². The zero-order valence-corrected chi connectivity index (χ0v) is 11.5. The second-order valence-electron chi connectivity index (χ2n) is 3.89. The fourth-order valence-electron chi connectivity index (χ4n) is 1.54. The summed E-state index contributed by atoms with van der Waals surface area (Å²) in [5.41, 5.74) is 1.49. The van der Waals surface area contributed by atoms with E-state index in [1.54, 1.807) is 36.6 Å². The van der Waals surface area contributed by atoms with E-state index in [4.69, 9.17) is 16.7 Å². The lowest BCUT2D eigenvalue weighted by atomic mass is 10.2. The van der Waals surface area contributed by atoms with E-state index in [1.807, 2.05) is 0 Å². The molecule has 1 aromatic heterocycles. The van der Waals surface area contributed by atoms with Crippen LogP contribution in [0.2, 0.25) is 5.02 Å². The molecule has 4 nitrogen and oxygen atoms in total. The second kappa shape index (κ2) is 5.42. The van der Waals surface area contributed by atoms with Crippen molar-refractivity contribution in [3.8, 4) is 0 Å². The maximum Gasteiger partial charge on any atom is 0.348 e. The lowest BCUT2D eigenvalue weighted by Crippen LogP contribution is -2.14. The fraction of sp³-hybridized carbons (Fsp3) is 0.0769. The van der Waals surface area contributed by atoms with Gasteiger partial charge < -0.3 is 10.4 Å². The number of hydrogen-bond donors (Lipinski definition) is 2. The summed E-state index contributed by atoms with van der Waals surface area (Å²) in [6.07, 6.45) is 0. The number of nitrogens with one attached hydrogen (secondary N) is 1. The standard InChI is InChI=1S/C13H10ClNO3S/c1-7-6-19-11(13(17)18)10(7)15-12(16)8-2-4-9(14)5-3-8/h2-6H,1H3,(H,15,16)(H,17,18). The molecule has 0 unspecified atom stereocenters. The van der Waals surface area contributed by atoms with Crippen molar-refractivity contribution in [2.24, 2.45) is 0 Å². The fourth-order valence-corrected chi connectivity index (χ4v) is 2.51. The van der Waals surface area contributed by atoms with Gasteiger partial charge in [0.2, 0.25) is 0 Å². The summed E-state index contributed by atoms with van der Waals surface area (Å²) < 4.78 is 0. The quantitative estimate of drug-likeness (QED) is 0.908. The van der Waals surface area contributed by atoms with Gasteiger partial charge in [-0.25, -0.2) is 4.79 Å². The van der Waals surface area contributed by atoms with Gasteiger partial charge in [-0.15, -0.1) is 11.3 Å². The molecular formula is C13H10ClNO3S. The Kier molecular flexibility index (Phi) is 3.87. The van der Waals surface area contributed by atoms with E-state index < -0.39 is 5.97 Å². The summed E-state index contributed by atoms with van der Waals surface area (Å²) in [6, 6.07) is 6.38. The van der Waals surface area contributed by atoms with Crippen molar-refractivity contribution >= 4 is 40.5 Å². The number of benzene rings is 1. The molecule has 0 aliphatic heterocycles. The van der Waals surface area contributed by atoms with Gasteiger partial charge in [0, 0.05) is 10.6 Å². The molecule has 1 aromatic carbocycles. The number of thiophene rings is 1. The van der Waals surface area contributed by atoms with Gasteiger partial charge in [0.05, 0.1) is 5.69 Å². The molecule has 1 heterocycles. The van der Waals surface area contributed by atoms with Crippen molar-refractivity contribution in [1.29, 1.82) is 0 Å². The Morgan fingerprint density at radius 1 is 1.26 bits per heavy atom. The van der Waals surface area contributed by atoms with Gasteiger partial charge in [0.15, 0.2) is 0 Å². The molecule has 0 atom stereocenters. The zero-order valence-electron chi connectivity index (χ0n) is 9.94. The summed E-state index contributed by atoms with van der Waals surface area (Å²) in [5.74, 6) is -1.41. The normalized spacial score (nSPS) is 10.2. The predicted molar refractivity (Wildman–Crippen MR) is 75.4 cm³/mol. The number of rotatable bonds is 3. The van der Waals surface area contributed by atoms with Gasteiger partial charge >= 0.3 is 5.97 Å². The van der Waals surface area contributed by atoms with E-state index in [9.17, 15) is 9.59 Å². The van der Waals surface area contributed by atoms with Crippen LogP contribution in [0.3, 0.4) is 0 Å². The van der Waals surface area contributed by atoms with Gasteiger partial charge in [0.1, 0.15) is 4.88 Å². The van der Waals surface area contributed by atoms with Crippen LogP contribution in [-0.2, 0) is 0 Å². The Hall–Kier alpha value is -1.85. The first kappa shape index (κ1) is 13.6. The smallest absolute Gasteiger partial charge is 0.348 e. The van der Waals surface area contributed by atoms with Crippen molar-refractivity contribution in [2.45, 2.75) is 6.92 Å². The first-order chi connectivity index (χ1) is 8.99. The number of carbonyl (C=O) groups is 2. The van der Waals surface area contributed by atoms with E-state index in [-0.39, 0.29) is 10.8 Å². The molecule has 0 spiro atoms. The Labute approximate surface area is 118 Å². The van der Waals surface area contributed by atoms with Crippen LogP contribution in [0.25, 0.3) is 0 Å². The highest BCUT2D eigenvalue weighted by Gasteiger charge is 2.17. The summed E-state index contributed by atoms with van der Waals surface area (Å²) in [5, 5.41) is 13.9. The van der Waals surface area contributed by atoms with Crippen LogP contribution >= 0.6 is 22.9 Å². The number of halogens is 1. The number of aryl methyl sites for hydroxylation is 1. The number of hydrogen-bond acceptors (Lipinski definition) is 3. The molecule has 0 saturated carbocycles. The van der Waals surface area contributed by atoms with Crippen LogP contribution in [0.15, 0.2) is 29.6 Å². The Morgan fingerprint density at radius 3 is 2.47 bits per heavy atom. The van der Waals surface area contributed by atoms with Crippen LogP contribution < -0.4 is 5.32 Å². The van der Waals surface area contributed by atoms with Crippen molar-refractivity contribution in [2.75, 3.05) is 5.32 Å². The Morgan fingerprint density at radius 2 is 1.89 bits per heavy atom. The number of carboxylic acid groups (broad SMARTS) is 1. The van der Waals surface area contributed by atoms with E-state index in [0.717, 1.165) is 16.9 Å². The van der Waals surface area contributed by atoms with Gasteiger partial charge in [-0.3, -0.25) is 4.79 Å². The minimum Gasteiger partial charge on any atom is -0.477 e. The molecule has 2 aromatic rings. The summed E-state index contributed by atoms with van der Waals surface area (Å²) in [4.78, 5) is 23.2. The average Bonchev–Trinajstić information content (AvgIpc) is 2.72. The summed E-state index contributed by atoms with van der Waals surface area (Å²) in [7, 11) is 0. The maximum atomic E-state index is 12.0. The average molecular weight is 296 g/mol. The van der Waals surface area contributed by atoms with Crippen molar-refractivity contribution in [1.82, 2.24) is 0 Å². The minimum atomic E-state index is -1.05. The molecule has 19 heavy (non-hydrogen) atoms. The Bertz CT molecular complexity index is 634. The van der Waals surface area contributed by atoms with E-state index in [2.05, 4.69) is 5.32 Å².